The number of amides is 2. The van der Waals surface area contributed by atoms with Crippen molar-refractivity contribution in [1.29, 1.82) is 5.26 Å². The molecule has 2 amide bonds. The Morgan fingerprint density at radius 1 is 0.941 bits per heavy atom. The molecule has 5 rings (SSSR count). The number of nitriles is 1. The maximum Gasteiger partial charge on any atom is 0.319 e. The Morgan fingerprint density at radius 2 is 1.62 bits per heavy atom. The number of carbonyl (C=O) groups is 1. The first-order valence-corrected chi connectivity index (χ1v) is 11.7. The molecule has 34 heavy (non-hydrogen) atoms. The zero-order valence-electron chi connectivity index (χ0n) is 19.2. The number of benzene rings is 3. The van der Waals surface area contributed by atoms with Crippen molar-refractivity contribution in [3.63, 3.8) is 0 Å². The first kappa shape index (κ1) is 22.0. The number of likely N-dealkylation sites (tertiary alicyclic amines) is 1. The number of nitrogens with one attached hydrogen (secondary N) is 2. The van der Waals surface area contributed by atoms with E-state index in [1.807, 2.05) is 60.7 Å². The summed E-state index contributed by atoms with van der Waals surface area (Å²) in [6.07, 6.45) is 0. The van der Waals surface area contributed by atoms with Crippen molar-refractivity contribution < 1.29 is 4.79 Å². The van der Waals surface area contributed by atoms with Gasteiger partial charge in [-0.3, -0.25) is 4.90 Å². The van der Waals surface area contributed by atoms with Crippen LogP contribution in [0.2, 0.25) is 0 Å². The predicted octanol–water partition coefficient (Wildman–Crippen LogP) is 4.32. The Kier molecular flexibility index (Phi) is 6.20. The Hall–Kier alpha value is -3.82. The first-order chi connectivity index (χ1) is 16.6. The van der Waals surface area contributed by atoms with Crippen LogP contribution in [0.25, 0.3) is 0 Å². The molecule has 2 aliphatic heterocycles. The molecule has 3 aromatic carbocycles. The zero-order chi connectivity index (χ0) is 23.4. The quantitative estimate of drug-likeness (QED) is 0.586. The van der Waals surface area contributed by atoms with E-state index in [1.54, 1.807) is 0 Å². The van der Waals surface area contributed by atoms with Crippen LogP contribution < -0.4 is 15.5 Å². The van der Waals surface area contributed by atoms with Crippen LogP contribution in [0.15, 0.2) is 84.9 Å². The number of hydrogen-bond acceptors (Lipinski definition) is 4. The van der Waals surface area contributed by atoms with Gasteiger partial charge in [0, 0.05) is 56.1 Å². The molecule has 3 aromatic rings. The molecule has 2 aliphatic rings. The Balaban J connectivity index is 1.25. The first-order valence-electron chi connectivity index (χ1n) is 11.7. The lowest BCUT2D eigenvalue weighted by atomic mass is 9.71. The van der Waals surface area contributed by atoms with Crippen molar-refractivity contribution in [2.24, 2.45) is 11.3 Å². The lowest BCUT2D eigenvalue weighted by molar-refractivity contribution is 0.155. The molecule has 0 bridgehead atoms. The highest BCUT2D eigenvalue weighted by atomic mass is 16.2. The van der Waals surface area contributed by atoms with Gasteiger partial charge in [0.05, 0.1) is 11.6 Å². The smallest absolute Gasteiger partial charge is 0.319 e. The molecule has 172 valence electrons. The minimum Gasteiger partial charge on any atom is -0.370 e. The van der Waals surface area contributed by atoms with E-state index in [4.69, 9.17) is 5.26 Å². The van der Waals surface area contributed by atoms with Gasteiger partial charge in [-0.25, -0.2) is 4.79 Å². The molecule has 0 aromatic heterocycles. The average Bonchev–Trinajstić information content (AvgIpc) is 3.22. The average molecular weight is 452 g/mol. The minimum absolute atomic E-state index is 0.155. The highest BCUT2D eigenvalue weighted by Crippen LogP contribution is 2.45. The van der Waals surface area contributed by atoms with Gasteiger partial charge in [0.15, 0.2) is 0 Å². The highest BCUT2D eigenvalue weighted by molar-refractivity contribution is 5.89. The third-order valence-corrected chi connectivity index (χ3v) is 7.05. The lowest BCUT2D eigenvalue weighted by Crippen LogP contribution is -2.62. The standard InChI is InChI=1S/C28H29N5O/c29-15-22-11-13-23(14-12-22)17-32-18-24(16-30-27(34)31-25-7-3-1-4-8-25)28(19-32)20-33(21-28)26-9-5-2-6-10-26/h1-14,24H,16-21H2,(H2,30,31,34). The number of urea groups is 1. The Labute approximate surface area is 200 Å². The molecule has 6 nitrogen and oxygen atoms in total. The predicted molar refractivity (Wildman–Crippen MR) is 134 cm³/mol. The van der Waals surface area contributed by atoms with Gasteiger partial charge in [-0.05, 0) is 47.9 Å². The fraction of sp³-hybridized carbons (Fsp3) is 0.286. The summed E-state index contributed by atoms with van der Waals surface area (Å²) in [5.41, 5.74) is 4.10. The molecule has 2 fully saturated rings. The molecule has 2 heterocycles. The van der Waals surface area contributed by atoms with Crippen LogP contribution in [-0.2, 0) is 6.54 Å². The van der Waals surface area contributed by atoms with Gasteiger partial charge in [-0.15, -0.1) is 0 Å². The van der Waals surface area contributed by atoms with Crippen LogP contribution in [0, 0.1) is 22.7 Å². The van der Waals surface area contributed by atoms with E-state index >= 15 is 0 Å². The molecular formula is C28H29N5O. The van der Waals surface area contributed by atoms with E-state index in [1.165, 1.54) is 11.3 Å². The van der Waals surface area contributed by atoms with Crippen LogP contribution in [0.1, 0.15) is 11.1 Å². The van der Waals surface area contributed by atoms with Gasteiger partial charge in [-0.2, -0.15) is 5.26 Å². The van der Waals surface area contributed by atoms with E-state index in [-0.39, 0.29) is 11.4 Å². The van der Waals surface area contributed by atoms with E-state index in [0.717, 1.165) is 38.4 Å². The molecule has 0 aliphatic carbocycles. The summed E-state index contributed by atoms with van der Waals surface area (Å²) in [5, 5.41) is 15.1. The van der Waals surface area contributed by atoms with Crippen molar-refractivity contribution >= 4 is 17.4 Å². The van der Waals surface area contributed by atoms with E-state index < -0.39 is 0 Å². The van der Waals surface area contributed by atoms with Crippen molar-refractivity contribution in [2.45, 2.75) is 6.54 Å². The maximum atomic E-state index is 12.5. The summed E-state index contributed by atoms with van der Waals surface area (Å²) >= 11 is 0. The summed E-state index contributed by atoms with van der Waals surface area (Å²) in [6.45, 7) is 5.43. The molecule has 2 N–H and O–H groups in total. The summed E-state index contributed by atoms with van der Waals surface area (Å²) in [4.78, 5) is 17.5. The van der Waals surface area contributed by atoms with Crippen LogP contribution in [0.5, 0.6) is 0 Å². The van der Waals surface area contributed by atoms with E-state index in [9.17, 15) is 4.79 Å². The number of rotatable bonds is 6. The zero-order valence-corrected chi connectivity index (χ0v) is 19.2. The van der Waals surface area contributed by atoms with Gasteiger partial charge < -0.3 is 15.5 Å². The van der Waals surface area contributed by atoms with E-state index in [0.29, 0.717) is 18.0 Å². The number of nitrogens with zero attached hydrogens (tertiary/aromatic N) is 3. The number of carbonyl (C=O) groups excluding carboxylic acids is 1. The SMILES string of the molecule is N#Cc1ccc(CN2CC(CNC(=O)Nc3ccccc3)C3(C2)CN(c2ccccc2)C3)cc1. The molecular weight excluding hydrogens is 422 g/mol. The van der Waals surface area contributed by atoms with Gasteiger partial charge in [-0.1, -0.05) is 48.5 Å². The van der Waals surface area contributed by atoms with Gasteiger partial charge in [0.2, 0.25) is 0 Å². The lowest BCUT2D eigenvalue weighted by Gasteiger charge is -2.52. The second kappa shape index (κ2) is 9.58. The molecule has 1 atom stereocenters. The summed E-state index contributed by atoms with van der Waals surface area (Å²) in [5.74, 6) is 0.368. The van der Waals surface area contributed by atoms with Gasteiger partial charge in [0.25, 0.3) is 0 Å². The minimum atomic E-state index is -0.161. The third kappa shape index (κ3) is 4.75. The summed E-state index contributed by atoms with van der Waals surface area (Å²) in [6, 6.07) is 30.0. The van der Waals surface area contributed by atoms with Crippen molar-refractivity contribution in [3.8, 4) is 6.07 Å². The second-order valence-corrected chi connectivity index (χ2v) is 9.43. The van der Waals surface area contributed by atoms with Gasteiger partial charge >= 0.3 is 6.03 Å². The molecule has 2 saturated heterocycles. The molecule has 1 spiro atoms. The topological polar surface area (TPSA) is 71.4 Å². The van der Waals surface area contributed by atoms with Crippen LogP contribution in [0.4, 0.5) is 16.2 Å². The molecule has 6 heteroatoms. The van der Waals surface area contributed by atoms with Crippen molar-refractivity contribution in [3.05, 3.63) is 96.1 Å². The normalized spacial score (nSPS) is 18.8. The van der Waals surface area contributed by atoms with Crippen LogP contribution in [0.3, 0.4) is 0 Å². The molecule has 0 radical (unpaired) electrons. The molecule has 1 unspecified atom stereocenters. The maximum absolute atomic E-state index is 12.5. The van der Waals surface area contributed by atoms with E-state index in [2.05, 4.69) is 50.8 Å². The van der Waals surface area contributed by atoms with Gasteiger partial charge in [0.1, 0.15) is 0 Å². The van der Waals surface area contributed by atoms with Crippen LogP contribution >= 0.6 is 0 Å². The summed E-state index contributed by atoms with van der Waals surface area (Å²) < 4.78 is 0. The number of anilines is 2. The Bertz CT molecular complexity index is 1150. The summed E-state index contributed by atoms with van der Waals surface area (Å²) in [7, 11) is 0. The molecule has 0 saturated carbocycles. The number of hydrogen-bond donors (Lipinski definition) is 2. The second-order valence-electron chi connectivity index (χ2n) is 9.43. The third-order valence-electron chi connectivity index (χ3n) is 7.05. The number of para-hydroxylation sites is 2. The fourth-order valence-electron chi connectivity index (χ4n) is 5.29. The van der Waals surface area contributed by atoms with Crippen LogP contribution in [-0.4, -0.2) is 43.7 Å². The highest BCUT2D eigenvalue weighted by Gasteiger charge is 2.53. The van der Waals surface area contributed by atoms with Crippen molar-refractivity contribution in [1.82, 2.24) is 10.2 Å². The Morgan fingerprint density at radius 3 is 2.29 bits per heavy atom. The van der Waals surface area contributed by atoms with Crippen molar-refractivity contribution in [2.75, 3.05) is 42.9 Å². The fourth-order valence-corrected chi connectivity index (χ4v) is 5.29. The monoisotopic (exact) mass is 451 g/mol. The largest absolute Gasteiger partial charge is 0.370 e.